The highest BCUT2D eigenvalue weighted by Crippen LogP contribution is 2.35. The molecule has 9 heteroatoms. The molecule has 5 rings (SSSR count). The van der Waals surface area contributed by atoms with Gasteiger partial charge in [0.05, 0.1) is 4.90 Å². The molecule has 0 spiro atoms. The quantitative estimate of drug-likeness (QED) is 0.645. The minimum absolute atomic E-state index is 0.0416. The summed E-state index contributed by atoms with van der Waals surface area (Å²) in [5.41, 5.74) is 0. The van der Waals surface area contributed by atoms with E-state index in [1.54, 1.807) is 22.5 Å². The van der Waals surface area contributed by atoms with Gasteiger partial charge in [-0.1, -0.05) is 32.1 Å². The Morgan fingerprint density at radius 1 is 0.824 bits per heavy atom. The Balaban J connectivity index is 1.22. The maximum atomic E-state index is 13.3. The van der Waals surface area contributed by atoms with E-state index < -0.39 is 16.1 Å². The molecular formula is C25H37N3O5S. The molecule has 1 aromatic rings. The van der Waals surface area contributed by atoms with Crippen molar-refractivity contribution in [2.75, 3.05) is 45.9 Å². The number of piperazine rings is 1. The highest BCUT2D eigenvalue weighted by molar-refractivity contribution is 7.89. The molecule has 0 aromatic heterocycles. The average Bonchev–Trinajstić information content (AvgIpc) is 3.18. The first-order chi connectivity index (χ1) is 16.5. The SMILES string of the molecule is O=C(C1COc2cc(S(=O)(=O)N3CCN(C4CCCCC4)CC3)ccc2O1)N1CCCCCC1. The standard InChI is InChI=1S/C25H37N3O5S/c29-25(27-12-6-1-2-7-13-27)24-19-32-23-18-21(10-11-22(23)33-24)34(30,31)28-16-14-26(15-17-28)20-8-4-3-5-9-20/h10-11,18,20,24H,1-9,12-17,19H2. The van der Waals surface area contributed by atoms with Crippen LogP contribution in [0.4, 0.5) is 0 Å². The number of ether oxygens (including phenoxy) is 2. The molecule has 1 aromatic carbocycles. The number of carbonyl (C=O) groups is 1. The highest BCUT2D eigenvalue weighted by atomic mass is 32.2. The van der Waals surface area contributed by atoms with Gasteiger partial charge in [0, 0.05) is 51.4 Å². The number of sulfonamides is 1. The number of hydrogen-bond acceptors (Lipinski definition) is 6. The van der Waals surface area contributed by atoms with E-state index in [0.717, 1.165) is 51.9 Å². The van der Waals surface area contributed by atoms with Crippen LogP contribution in [-0.2, 0) is 14.8 Å². The molecule has 1 saturated carbocycles. The summed E-state index contributed by atoms with van der Waals surface area (Å²) >= 11 is 0. The Morgan fingerprint density at radius 3 is 2.21 bits per heavy atom. The van der Waals surface area contributed by atoms with Gasteiger partial charge in [-0.2, -0.15) is 4.31 Å². The van der Waals surface area contributed by atoms with Crippen molar-refractivity contribution >= 4 is 15.9 Å². The van der Waals surface area contributed by atoms with Crippen LogP contribution in [0.2, 0.25) is 0 Å². The van der Waals surface area contributed by atoms with Crippen molar-refractivity contribution in [2.45, 2.75) is 74.8 Å². The third-order valence-electron chi connectivity index (χ3n) is 7.77. The molecule has 34 heavy (non-hydrogen) atoms. The molecule has 1 aliphatic carbocycles. The number of benzene rings is 1. The van der Waals surface area contributed by atoms with Gasteiger partial charge < -0.3 is 14.4 Å². The molecule has 0 bridgehead atoms. The molecule has 4 aliphatic rings. The fourth-order valence-corrected chi connectivity index (χ4v) is 7.17. The second-order valence-corrected chi connectivity index (χ2v) is 11.9. The Morgan fingerprint density at radius 2 is 1.50 bits per heavy atom. The molecular weight excluding hydrogens is 454 g/mol. The zero-order chi connectivity index (χ0) is 23.5. The number of rotatable bonds is 4. The summed E-state index contributed by atoms with van der Waals surface area (Å²) < 4.78 is 40.0. The maximum absolute atomic E-state index is 13.3. The first-order valence-electron chi connectivity index (χ1n) is 13.0. The summed E-state index contributed by atoms with van der Waals surface area (Å²) in [6.45, 7) is 4.22. The van der Waals surface area contributed by atoms with Gasteiger partial charge in [-0.3, -0.25) is 9.69 Å². The third kappa shape index (κ3) is 5.06. The zero-order valence-corrected chi connectivity index (χ0v) is 20.8. The topological polar surface area (TPSA) is 79.4 Å². The lowest BCUT2D eigenvalue weighted by Gasteiger charge is -2.40. The average molecular weight is 492 g/mol. The van der Waals surface area contributed by atoms with Crippen LogP contribution < -0.4 is 9.47 Å². The van der Waals surface area contributed by atoms with Crippen LogP contribution in [0.1, 0.15) is 57.8 Å². The summed E-state index contributed by atoms with van der Waals surface area (Å²) in [4.78, 5) is 17.5. The van der Waals surface area contributed by atoms with Crippen molar-refractivity contribution < 1.29 is 22.7 Å². The van der Waals surface area contributed by atoms with E-state index >= 15 is 0 Å². The van der Waals surface area contributed by atoms with E-state index in [1.165, 1.54) is 32.1 Å². The van der Waals surface area contributed by atoms with Gasteiger partial charge in [-0.05, 0) is 37.8 Å². The van der Waals surface area contributed by atoms with Crippen molar-refractivity contribution in [3.8, 4) is 11.5 Å². The molecule has 3 aliphatic heterocycles. The van der Waals surface area contributed by atoms with E-state index in [9.17, 15) is 13.2 Å². The molecule has 1 atom stereocenters. The number of hydrogen-bond donors (Lipinski definition) is 0. The number of carbonyl (C=O) groups excluding carboxylic acids is 1. The minimum atomic E-state index is -3.60. The molecule has 1 amide bonds. The number of fused-ring (bicyclic) bond motifs is 1. The van der Waals surface area contributed by atoms with Gasteiger partial charge in [-0.15, -0.1) is 0 Å². The van der Waals surface area contributed by atoms with Crippen molar-refractivity contribution in [3.05, 3.63) is 18.2 Å². The van der Waals surface area contributed by atoms with Gasteiger partial charge in [0.25, 0.3) is 5.91 Å². The van der Waals surface area contributed by atoms with Crippen molar-refractivity contribution in [1.29, 1.82) is 0 Å². The molecule has 2 saturated heterocycles. The molecule has 8 nitrogen and oxygen atoms in total. The van der Waals surface area contributed by atoms with E-state index in [4.69, 9.17) is 9.47 Å². The van der Waals surface area contributed by atoms with Crippen LogP contribution >= 0.6 is 0 Å². The maximum Gasteiger partial charge on any atom is 0.267 e. The summed E-state index contributed by atoms with van der Waals surface area (Å²) in [7, 11) is -3.60. The summed E-state index contributed by atoms with van der Waals surface area (Å²) in [6, 6.07) is 5.36. The lowest BCUT2D eigenvalue weighted by molar-refractivity contribution is -0.141. The Hall–Kier alpha value is -1.84. The fourth-order valence-electron chi connectivity index (χ4n) is 5.73. The van der Waals surface area contributed by atoms with Crippen LogP contribution in [0.25, 0.3) is 0 Å². The van der Waals surface area contributed by atoms with E-state index in [-0.39, 0.29) is 17.4 Å². The summed E-state index contributed by atoms with van der Waals surface area (Å²) in [5.74, 6) is 0.780. The predicted octanol–water partition coefficient (Wildman–Crippen LogP) is 2.87. The molecule has 1 unspecified atom stereocenters. The van der Waals surface area contributed by atoms with E-state index in [1.807, 2.05) is 4.90 Å². The summed E-state index contributed by atoms with van der Waals surface area (Å²) in [6.07, 6.45) is 10.0. The molecule has 3 fully saturated rings. The van der Waals surface area contributed by atoms with Gasteiger partial charge in [-0.25, -0.2) is 8.42 Å². The van der Waals surface area contributed by atoms with Gasteiger partial charge >= 0.3 is 0 Å². The van der Waals surface area contributed by atoms with Gasteiger partial charge in [0.1, 0.15) is 6.61 Å². The number of nitrogens with zero attached hydrogens (tertiary/aromatic N) is 3. The smallest absolute Gasteiger partial charge is 0.267 e. The largest absolute Gasteiger partial charge is 0.485 e. The second-order valence-electron chi connectivity index (χ2n) is 10.00. The number of amides is 1. The van der Waals surface area contributed by atoms with E-state index in [2.05, 4.69) is 4.90 Å². The zero-order valence-electron chi connectivity index (χ0n) is 20.0. The molecule has 0 radical (unpaired) electrons. The van der Waals surface area contributed by atoms with Crippen LogP contribution in [0.3, 0.4) is 0 Å². The first-order valence-corrected chi connectivity index (χ1v) is 14.4. The first kappa shape index (κ1) is 23.9. The van der Waals surface area contributed by atoms with Crippen LogP contribution in [0.5, 0.6) is 11.5 Å². The summed E-state index contributed by atoms with van der Waals surface area (Å²) in [5, 5.41) is 0. The molecule has 3 heterocycles. The van der Waals surface area contributed by atoms with E-state index in [0.29, 0.717) is 30.6 Å². The minimum Gasteiger partial charge on any atom is -0.485 e. The van der Waals surface area contributed by atoms with Crippen LogP contribution in [-0.4, -0.2) is 86.5 Å². The van der Waals surface area contributed by atoms with Crippen molar-refractivity contribution in [3.63, 3.8) is 0 Å². The fraction of sp³-hybridized carbons (Fsp3) is 0.720. The third-order valence-corrected chi connectivity index (χ3v) is 9.66. The number of likely N-dealkylation sites (tertiary alicyclic amines) is 1. The van der Waals surface area contributed by atoms with Crippen LogP contribution in [0, 0.1) is 0 Å². The van der Waals surface area contributed by atoms with Crippen molar-refractivity contribution in [2.24, 2.45) is 0 Å². The predicted molar refractivity (Wildman–Crippen MR) is 129 cm³/mol. The normalized spacial score (nSPS) is 25.6. The second kappa shape index (κ2) is 10.4. The Labute approximate surface area is 203 Å². The van der Waals surface area contributed by atoms with Crippen LogP contribution in [0.15, 0.2) is 23.1 Å². The molecule has 188 valence electrons. The Bertz CT molecular complexity index is 963. The monoisotopic (exact) mass is 491 g/mol. The van der Waals surface area contributed by atoms with Crippen molar-refractivity contribution in [1.82, 2.24) is 14.1 Å². The van der Waals surface area contributed by atoms with Gasteiger partial charge in [0.15, 0.2) is 11.5 Å². The Kier molecular flexibility index (Phi) is 7.32. The highest BCUT2D eigenvalue weighted by Gasteiger charge is 2.35. The van der Waals surface area contributed by atoms with Gasteiger partial charge in [0.2, 0.25) is 16.1 Å². The lowest BCUT2D eigenvalue weighted by atomic mass is 9.94. The lowest BCUT2D eigenvalue weighted by Crippen LogP contribution is -2.52. The molecule has 0 N–H and O–H groups in total.